The van der Waals surface area contributed by atoms with Gasteiger partial charge in [0.1, 0.15) is 5.75 Å². The Balaban J connectivity index is 2.04. The van der Waals surface area contributed by atoms with E-state index in [-0.39, 0.29) is 23.4 Å². The molecule has 9 heteroatoms. The Labute approximate surface area is 166 Å². The fourth-order valence-corrected chi connectivity index (χ4v) is 4.50. The van der Waals surface area contributed by atoms with Crippen LogP contribution in [0.2, 0.25) is 0 Å². The molecule has 2 unspecified atom stereocenters. The number of nitrogens with zero attached hydrogens (tertiary/aromatic N) is 1. The van der Waals surface area contributed by atoms with Crippen molar-refractivity contribution in [2.24, 2.45) is 5.92 Å². The number of sulfonamides is 1. The Bertz CT molecular complexity index is 791. The summed E-state index contributed by atoms with van der Waals surface area (Å²) >= 11 is 0. The zero-order valence-electron chi connectivity index (χ0n) is 16.7. The highest BCUT2D eigenvalue weighted by Gasteiger charge is 2.35. The maximum Gasteiger partial charge on any atom is 0.311 e. The number of piperidine rings is 1. The van der Waals surface area contributed by atoms with Gasteiger partial charge in [-0.25, -0.2) is 8.42 Å². The molecule has 1 heterocycles. The van der Waals surface area contributed by atoms with E-state index in [1.165, 1.54) is 30.5 Å². The molecule has 1 aromatic rings. The monoisotopic (exact) mass is 412 g/mol. The molecule has 0 bridgehead atoms. The molecule has 0 aromatic heterocycles. The third kappa shape index (κ3) is 5.45. The van der Waals surface area contributed by atoms with E-state index in [4.69, 9.17) is 9.47 Å². The Morgan fingerprint density at radius 3 is 2.39 bits per heavy atom. The first-order chi connectivity index (χ1) is 13.1. The fraction of sp³-hybridized carbons (Fsp3) is 0.579. The first kappa shape index (κ1) is 22.2. The zero-order chi connectivity index (χ0) is 20.9. The van der Waals surface area contributed by atoms with Gasteiger partial charge in [0.15, 0.2) is 6.10 Å². The summed E-state index contributed by atoms with van der Waals surface area (Å²) in [6.45, 7) is 5.50. The maximum absolute atomic E-state index is 12.9. The van der Waals surface area contributed by atoms with Gasteiger partial charge in [-0.2, -0.15) is 4.31 Å². The molecular formula is C19H28N2O6S. The van der Waals surface area contributed by atoms with Crippen LogP contribution in [0, 0.1) is 5.92 Å². The molecule has 0 saturated carbocycles. The van der Waals surface area contributed by atoms with Crippen LogP contribution in [-0.4, -0.2) is 56.9 Å². The smallest absolute Gasteiger partial charge is 0.311 e. The molecule has 0 radical (unpaired) electrons. The summed E-state index contributed by atoms with van der Waals surface area (Å²) in [4.78, 5) is 24.5. The average molecular weight is 413 g/mol. The average Bonchev–Trinajstić information content (AvgIpc) is 2.67. The maximum atomic E-state index is 12.9. The topological polar surface area (TPSA) is 102 Å². The number of hydrogen-bond donors (Lipinski definition) is 1. The van der Waals surface area contributed by atoms with Crippen LogP contribution in [0.25, 0.3) is 0 Å². The number of hydrogen-bond acceptors (Lipinski definition) is 6. The predicted molar refractivity (Wildman–Crippen MR) is 103 cm³/mol. The van der Waals surface area contributed by atoms with Crippen molar-refractivity contribution in [3.05, 3.63) is 24.3 Å². The highest BCUT2D eigenvalue weighted by atomic mass is 32.2. The van der Waals surface area contributed by atoms with E-state index in [9.17, 15) is 18.0 Å². The lowest BCUT2D eigenvalue weighted by Gasteiger charge is -2.31. The SMILES string of the molecule is COc1ccc(S(=O)(=O)N2CCCC(C(=O)OC(C)C(=O)NC(C)C)C2)cc1. The standard InChI is InChI=1S/C19H28N2O6S/c1-13(2)20-18(22)14(3)27-19(23)15-6-5-11-21(12-15)28(24,25)17-9-7-16(26-4)8-10-17/h7-10,13-15H,5-6,11-12H2,1-4H3,(H,20,22). The minimum atomic E-state index is -3.72. The molecule has 0 spiro atoms. The summed E-state index contributed by atoms with van der Waals surface area (Å²) in [7, 11) is -2.22. The van der Waals surface area contributed by atoms with Gasteiger partial charge in [0.25, 0.3) is 5.91 Å². The van der Waals surface area contributed by atoms with Gasteiger partial charge in [-0.3, -0.25) is 9.59 Å². The molecule has 0 aliphatic carbocycles. The van der Waals surface area contributed by atoms with Crippen LogP contribution in [0.3, 0.4) is 0 Å². The van der Waals surface area contributed by atoms with E-state index in [1.54, 1.807) is 12.1 Å². The van der Waals surface area contributed by atoms with Gasteiger partial charge in [-0.15, -0.1) is 0 Å². The molecule has 1 amide bonds. The van der Waals surface area contributed by atoms with Crippen LogP contribution >= 0.6 is 0 Å². The molecule has 1 fully saturated rings. The van der Waals surface area contributed by atoms with Crippen molar-refractivity contribution in [1.29, 1.82) is 0 Å². The number of ether oxygens (including phenoxy) is 2. The lowest BCUT2D eigenvalue weighted by Crippen LogP contribution is -2.45. The van der Waals surface area contributed by atoms with E-state index in [0.717, 1.165) is 0 Å². The quantitative estimate of drug-likeness (QED) is 0.682. The summed E-state index contributed by atoms with van der Waals surface area (Å²) in [5.41, 5.74) is 0. The van der Waals surface area contributed by atoms with E-state index in [0.29, 0.717) is 25.1 Å². The fourth-order valence-electron chi connectivity index (χ4n) is 2.98. The number of benzene rings is 1. The van der Waals surface area contributed by atoms with E-state index >= 15 is 0 Å². The molecule has 8 nitrogen and oxygen atoms in total. The van der Waals surface area contributed by atoms with Crippen molar-refractivity contribution < 1.29 is 27.5 Å². The summed E-state index contributed by atoms with van der Waals surface area (Å²) in [5, 5.41) is 2.68. The molecule has 156 valence electrons. The normalized spacial score (nSPS) is 19.1. The van der Waals surface area contributed by atoms with Gasteiger partial charge in [-0.05, 0) is 57.9 Å². The van der Waals surface area contributed by atoms with E-state index < -0.39 is 28.0 Å². The second-order valence-electron chi connectivity index (χ2n) is 7.12. The van der Waals surface area contributed by atoms with Gasteiger partial charge >= 0.3 is 5.97 Å². The number of carbonyl (C=O) groups is 2. The van der Waals surface area contributed by atoms with Crippen LogP contribution in [-0.2, 0) is 24.3 Å². The van der Waals surface area contributed by atoms with E-state index in [2.05, 4.69) is 5.32 Å². The highest BCUT2D eigenvalue weighted by molar-refractivity contribution is 7.89. The van der Waals surface area contributed by atoms with Crippen molar-refractivity contribution in [2.45, 2.75) is 50.7 Å². The molecule has 1 aromatic carbocycles. The Morgan fingerprint density at radius 2 is 1.82 bits per heavy atom. The molecular weight excluding hydrogens is 384 g/mol. The lowest BCUT2D eigenvalue weighted by atomic mass is 10.00. The second-order valence-corrected chi connectivity index (χ2v) is 9.06. The van der Waals surface area contributed by atoms with Crippen LogP contribution < -0.4 is 10.1 Å². The summed E-state index contributed by atoms with van der Waals surface area (Å²) < 4.78 is 37.4. The predicted octanol–water partition coefficient (Wildman–Crippen LogP) is 1.55. The summed E-state index contributed by atoms with van der Waals surface area (Å²) in [6.07, 6.45) is 0.136. The second kappa shape index (κ2) is 9.38. The van der Waals surface area contributed by atoms with Crippen LogP contribution in [0.1, 0.15) is 33.6 Å². The Hall–Kier alpha value is -2.13. The van der Waals surface area contributed by atoms with Gasteiger partial charge in [0.2, 0.25) is 10.0 Å². The first-order valence-electron chi connectivity index (χ1n) is 9.30. The Morgan fingerprint density at radius 1 is 1.18 bits per heavy atom. The minimum Gasteiger partial charge on any atom is -0.497 e. The van der Waals surface area contributed by atoms with Gasteiger partial charge in [0.05, 0.1) is 17.9 Å². The third-order valence-electron chi connectivity index (χ3n) is 4.51. The zero-order valence-corrected chi connectivity index (χ0v) is 17.5. The number of rotatable bonds is 7. The van der Waals surface area contributed by atoms with Crippen molar-refractivity contribution in [3.8, 4) is 5.75 Å². The summed E-state index contributed by atoms with van der Waals surface area (Å²) in [5.74, 6) is -0.966. The molecule has 1 saturated heterocycles. The number of carbonyl (C=O) groups excluding carboxylic acids is 2. The molecule has 2 atom stereocenters. The number of amides is 1. The minimum absolute atomic E-state index is 0.0334. The van der Waals surface area contributed by atoms with Crippen LogP contribution in [0.4, 0.5) is 0 Å². The lowest BCUT2D eigenvalue weighted by molar-refractivity contribution is -0.160. The Kier molecular flexibility index (Phi) is 7.42. The third-order valence-corrected chi connectivity index (χ3v) is 6.39. The first-order valence-corrected chi connectivity index (χ1v) is 10.7. The number of esters is 1. The number of nitrogens with one attached hydrogen (secondary N) is 1. The molecule has 2 rings (SSSR count). The van der Waals surface area contributed by atoms with Crippen molar-refractivity contribution in [3.63, 3.8) is 0 Å². The van der Waals surface area contributed by atoms with Crippen LogP contribution in [0.5, 0.6) is 5.75 Å². The van der Waals surface area contributed by atoms with Gasteiger partial charge in [0, 0.05) is 19.1 Å². The number of methoxy groups -OCH3 is 1. The van der Waals surface area contributed by atoms with Gasteiger partial charge < -0.3 is 14.8 Å². The van der Waals surface area contributed by atoms with Crippen molar-refractivity contribution >= 4 is 21.9 Å². The van der Waals surface area contributed by atoms with Crippen molar-refractivity contribution in [1.82, 2.24) is 9.62 Å². The largest absolute Gasteiger partial charge is 0.497 e. The summed E-state index contributed by atoms with van der Waals surface area (Å²) in [6, 6.07) is 6.06. The van der Waals surface area contributed by atoms with Crippen molar-refractivity contribution in [2.75, 3.05) is 20.2 Å². The molecule has 1 aliphatic rings. The van der Waals surface area contributed by atoms with Gasteiger partial charge in [-0.1, -0.05) is 0 Å². The highest BCUT2D eigenvalue weighted by Crippen LogP contribution is 2.26. The molecule has 28 heavy (non-hydrogen) atoms. The molecule has 1 N–H and O–H groups in total. The van der Waals surface area contributed by atoms with E-state index in [1.807, 2.05) is 13.8 Å². The van der Waals surface area contributed by atoms with Crippen LogP contribution in [0.15, 0.2) is 29.2 Å². The molecule has 1 aliphatic heterocycles.